The molecule has 1 amide bonds. The van der Waals surface area contributed by atoms with Gasteiger partial charge in [-0.1, -0.05) is 38.5 Å². The molecule has 0 aliphatic heterocycles. The molecule has 0 aromatic carbocycles. The molecule has 0 bridgehead atoms. The standard InChI is InChI=1S/C16H29N5OS/c1-12(2)11-21-13(19-20-15(21)23-3)7-6-10-18-14(22)16(17)8-4-5-9-16/h12H,4-11,17H2,1-3H3,(H,18,22). The van der Waals surface area contributed by atoms with Gasteiger partial charge in [0.2, 0.25) is 5.91 Å². The molecule has 0 atom stereocenters. The molecule has 1 aromatic heterocycles. The first-order valence-corrected chi connectivity index (χ1v) is 9.72. The molecule has 1 saturated carbocycles. The Balaban J connectivity index is 1.82. The summed E-state index contributed by atoms with van der Waals surface area (Å²) in [7, 11) is 0. The molecule has 7 heteroatoms. The van der Waals surface area contributed by atoms with Crippen LogP contribution in [0.3, 0.4) is 0 Å². The molecule has 0 radical (unpaired) electrons. The molecule has 1 aliphatic rings. The van der Waals surface area contributed by atoms with Crippen molar-refractivity contribution in [2.75, 3.05) is 12.8 Å². The fraction of sp³-hybridized carbons (Fsp3) is 0.812. The fourth-order valence-corrected chi connectivity index (χ4v) is 3.58. The van der Waals surface area contributed by atoms with Gasteiger partial charge in [-0.3, -0.25) is 4.79 Å². The third-order valence-corrected chi connectivity index (χ3v) is 5.00. The predicted molar refractivity (Wildman–Crippen MR) is 93.4 cm³/mol. The zero-order chi connectivity index (χ0) is 16.9. The molecule has 0 unspecified atom stereocenters. The maximum absolute atomic E-state index is 12.2. The number of nitrogens with two attached hydrogens (primary N) is 1. The largest absolute Gasteiger partial charge is 0.354 e. The summed E-state index contributed by atoms with van der Waals surface area (Å²) in [6, 6.07) is 0. The maximum Gasteiger partial charge on any atom is 0.240 e. The zero-order valence-corrected chi connectivity index (χ0v) is 15.3. The SMILES string of the molecule is CSc1nnc(CCCNC(=O)C2(N)CCCC2)n1CC(C)C. The number of thioether (sulfide) groups is 1. The second-order valence-corrected chi connectivity index (χ2v) is 7.60. The molecule has 3 N–H and O–H groups in total. The minimum atomic E-state index is -0.635. The molecule has 0 saturated heterocycles. The number of hydrogen-bond donors (Lipinski definition) is 2. The van der Waals surface area contributed by atoms with Gasteiger partial charge in [-0.25, -0.2) is 0 Å². The van der Waals surface area contributed by atoms with Crippen molar-refractivity contribution in [2.45, 2.75) is 69.6 Å². The highest BCUT2D eigenvalue weighted by molar-refractivity contribution is 7.98. The van der Waals surface area contributed by atoms with Gasteiger partial charge in [0, 0.05) is 19.5 Å². The Bertz CT molecular complexity index is 523. The van der Waals surface area contributed by atoms with Crippen molar-refractivity contribution in [3.8, 4) is 0 Å². The Morgan fingerprint density at radius 1 is 1.39 bits per heavy atom. The van der Waals surface area contributed by atoms with Crippen molar-refractivity contribution in [3.05, 3.63) is 5.82 Å². The van der Waals surface area contributed by atoms with E-state index in [9.17, 15) is 4.79 Å². The summed E-state index contributed by atoms with van der Waals surface area (Å²) in [6.45, 7) is 5.95. The van der Waals surface area contributed by atoms with Gasteiger partial charge in [0.15, 0.2) is 5.16 Å². The van der Waals surface area contributed by atoms with Gasteiger partial charge in [0.1, 0.15) is 5.82 Å². The third kappa shape index (κ3) is 4.70. The lowest BCUT2D eigenvalue weighted by Crippen LogP contribution is -2.52. The van der Waals surface area contributed by atoms with Crippen LogP contribution >= 0.6 is 11.8 Å². The second kappa shape index (κ2) is 8.15. The minimum Gasteiger partial charge on any atom is -0.354 e. The highest BCUT2D eigenvalue weighted by atomic mass is 32.2. The van der Waals surface area contributed by atoms with E-state index in [0.717, 1.165) is 56.1 Å². The van der Waals surface area contributed by atoms with Crippen LogP contribution in [0.4, 0.5) is 0 Å². The first-order valence-electron chi connectivity index (χ1n) is 8.49. The molecule has 1 fully saturated rings. The minimum absolute atomic E-state index is 0.00319. The quantitative estimate of drug-likeness (QED) is 0.559. The van der Waals surface area contributed by atoms with Crippen LogP contribution in [0.15, 0.2) is 5.16 Å². The number of nitrogens with one attached hydrogen (secondary N) is 1. The molecule has 1 aliphatic carbocycles. The van der Waals surface area contributed by atoms with Crippen LogP contribution in [0.2, 0.25) is 0 Å². The van der Waals surface area contributed by atoms with Gasteiger partial charge in [-0.05, 0) is 31.4 Å². The number of aryl methyl sites for hydroxylation is 1. The van der Waals surface area contributed by atoms with Gasteiger partial charge in [-0.15, -0.1) is 10.2 Å². The molecule has 0 spiro atoms. The van der Waals surface area contributed by atoms with E-state index in [1.165, 1.54) is 0 Å². The predicted octanol–water partition coefficient (Wildman–Crippen LogP) is 1.98. The first-order chi connectivity index (χ1) is 11.0. The lowest BCUT2D eigenvalue weighted by Gasteiger charge is -2.22. The van der Waals surface area contributed by atoms with Crippen molar-refractivity contribution in [1.29, 1.82) is 0 Å². The molecule has 1 aromatic rings. The van der Waals surface area contributed by atoms with Gasteiger partial charge in [-0.2, -0.15) is 0 Å². The first kappa shape index (κ1) is 18.3. The normalized spacial score (nSPS) is 16.9. The lowest BCUT2D eigenvalue weighted by molar-refractivity contribution is -0.126. The molecule has 2 rings (SSSR count). The average Bonchev–Trinajstić information content (AvgIpc) is 3.11. The van der Waals surface area contributed by atoms with Crippen molar-refractivity contribution in [1.82, 2.24) is 20.1 Å². The Morgan fingerprint density at radius 2 is 2.09 bits per heavy atom. The molecular formula is C16H29N5OS. The van der Waals surface area contributed by atoms with Crippen LogP contribution in [-0.4, -0.2) is 39.0 Å². The maximum atomic E-state index is 12.2. The number of aromatic nitrogens is 3. The third-order valence-electron chi connectivity index (χ3n) is 4.33. The summed E-state index contributed by atoms with van der Waals surface area (Å²) in [4.78, 5) is 12.2. The molecule has 23 heavy (non-hydrogen) atoms. The van der Waals surface area contributed by atoms with Crippen molar-refractivity contribution in [3.63, 3.8) is 0 Å². The van der Waals surface area contributed by atoms with Crippen molar-refractivity contribution in [2.24, 2.45) is 11.7 Å². The summed E-state index contributed by atoms with van der Waals surface area (Å²) in [5.41, 5.74) is 5.52. The van der Waals surface area contributed by atoms with Gasteiger partial charge in [0.25, 0.3) is 0 Å². The van der Waals surface area contributed by atoms with E-state index in [1.807, 2.05) is 6.26 Å². The smallest absolute Gasteiger partial charge is 0.240 e. The molecule has 1 heterocycles. The summed E-state index contributed by atoms with van der Waals surface area (Å²) < 4.78 is 2.19. The summed E-state index contributed by atoms with van der Waals surface area (Å²) in [5.74, 6) is 1.55. The van der Waals surface area contributed by atoms with Crippen molar-refractivity contribution < 1.29 is 4.79 Å². The zero-order valence-electron chi connectivity index (χ0n) is 14.5. The van der Waals surface area contributed by atoms with Crippen LogP contribution in [-0.2, 0) is 17.8 Å². The van der Waals surface area contributed by atoms with E-state index in [1.54, 1.807) is 11.8 Å². The van der Waals surface area contributed by atoms with E-state index in [4.69, 9.17) is 5.73 Å². The van der Waals surface area contributed by atoms with E-state index in [2.05, 4.69) is 33.9 Å². The Labute approximate surface area is 143 Å². The van der Waals surface area contributed by atoms with Gasteiger partial charge in [0.05, 0.1) is 5.54 Å². The monoisotopic (exact) mass is 339 g/mol. The summed E-state index contributed by atoms with van der Waals surface area (Å²) >= 11 is 1.62. The lowest BCUT2D eigenvalue weighted by atomic mass is 9.98. The summed E-state index contributed by atoms with van der Waals surface area (Å²) in [5, 5.41) is 12.5. The van der Waals surface area contributed by atoms with Crippen LogP contribution in [0, 0.1) is 5.92 Å². The fourth-order valence-electron chi connectivity index (χ4n) is 3.06. The van der Waals surface area contributed by atoms with E-state index >= 15 is 0 Å². The highest BCUT2D eigenvalue weighted by Gasteiger charge is 2.36. The number of nitrogens with zero attached hydrogens (tertiary/aromatic N) is 3. The Morgan fingerprint density at radius 3 is 2.70 bits per heavy atom. The highest BCUT2D eigenvalue weighted by Crippen LogP contribution is 2.27. The van der Waals surface area contributed by atoms with Crippen LogP contribution in [0.5, 0.6) is 0 Å². The number of carbonyl (C=O) groups is 1. The van der Waals surface area contributed by atoms with Crippen LogP contribution in [0.25, 0.3) is 0 Å². The number of carbonyl (C=O) groups excluding carboxylic acids is 1. The average molecular weight is 340 g/mol. The molecule has 130 valence electrons. The van der Waals surface area contributed by atoms with E-state index in [0.29, 0.717) is 12.5 Å². The molecular weight excluding hydrogens is 310 g/mol. The summed E-state index contributed by atoms with van der Waals surface area (Å²) in [6.07, 6.45) is 7.41. The topological polar surface area (TPSA) is 85.8 Å². The van der Waals surface area contributed by atoms with Gasteiger partial charge < -0.3 is 15.6 Å². The number of amides is 1. The Hall–Kier alpha value is -1.08. The Kier molecular flexibility index (Phi) is 6.47. The van der Waals surface area contributed by atoms with Gasteiger partial charge >= 0.3 is 0 Å². The van der Waals surface area contributed by atoms with Crippen LogP contribution in [0.1, 0.15) is 51.8 Å². The van der Waals surface area contributed by atoms with E-state index < -0.39 is 5.54 Å². The number of rotatable bonds is 8. The number of hydrogen-bond acceptors (Lipinski definition) is 5. The van der Waals surface area contributed by atoms with Crippen LogP contribution < -0.4 is 11.1 Å². The van der Waals surface area contributed by atoms with E-state index in [-0.39, 0.29) is 5.91 Å². The van der Waals surface area contributed by atoms with Crippen molar-refractivity contribution >= 4 is 17.7 Å². The second-order valence-electron chi connectivity index (χ2n) is 6.83. The molecule has 6 nitrogen and oxygen atoms in total.